The van der Waals surface area contributed by atoms with Crippen molar-refractivity contribution in [1.29, 1.82) is 0 Å². The lowest BCUT2D eigenvalue weighted by Gasteiger charge is -2.23. The molecule has 0 aliphatic carbocycles. The molecule has 3 nitrogen and oxygen atoms in total. The van der Waals surface area contributed by atoms with Crippen LogP contribution in [0.15, 0.2) is 12.7 Å². The van der Waals surface area contributed by atoms with Crippen molar-refractivity contribution >= 4 is 11.8 Å². The van der Waals surface area contributed by atoms with E-state index in [1.807, 2.05) is 6.08 Å². The van der Waals surface area contributed by atoms with E-state index >= 15 is 0 Å². The Hall–Kier alpha value is -1.12. The number of rotatable bonds is 7. The van der Waals surface area contributed by atoms with E-state index in [2.05, 4.69) is 11.3 Å². The van der Waals surface area contributed by atoms with Crippen LogP contribution in [-0.4, -0.2) is 18.9 Å². The van der Waals surface area contributed by atoms with E-state index in [0.717, 1.165) is 19.3 Å². The molecule has 0 radical (unpaired) electrons. The second kappa shape index (κ2) is 6.38. The van der Waals surface area contributed by atoms with Crippen LogP contribution in [0.3, 0.4) is 0 Å². The second-order valence-electron chi connectivity index (χ2n) is 3.91. The number of ether oxygens (including phenoxy) is 1. The molecule has 0 spiro atoms. The maximum absolute atomic E-state index is 11.5. The SMILES string of the molecule is C=CCCCCC(C)(C(C)=O)C(=O)OC. The Balaban J connectivity index is 4.33. The predicted octanol–water partition coefficient (Wildman–Crippen LogP) is 2.50. The van der Waals surface area contributed by atoms with Gasteiger partial charge in [-0.2, -0.15) is 0 Å². The molecule has 0 heterocycles. The number of ketones is 1. The van der Waals surface area contributed by atoms with Gasteiger partial charge >= 0.3 is 5.97 Å². The largest absolute Gasteiger partial charge is 0.468 e. The molecule has 0 saturated carbocycles. The Bertz CT molecular complexity index is 245. The predicted molar refractivity (Wildman–Crippen MR) is 59.5 cm³/mol. The molecule has 0 N–H and O–H groups in total. The van der Waals surface area contributed by atoms with E-state index in [-0.39, 0.29) is 5.78 Å². The molecule has 15 heavy (non-hydrogen) atoms. The summed E-state index contributed by atoms with van der Waals surface area (Å²) in [6.07, 6.45) is 5.07. The van der Waals surface area contributed by atoms with Gasteiger partial charge in [0.25, 0.3) is 0 Å². The summed E-state index contributed by atoms with van der Waals surface area (Å²) in [4.78, 5) is 22.9. The van der Waals surface area contributed by atoms with Gasteiger partial charge in [0.15, 0.2) is 0 Å². The first kappa shape index (κ1) is 13.9. The number of carbonyl (C=O) groups excluding carboxylic acids is 2. The molecule has 86 valence electrons. The molecule has 0 amide bonds. The molecule has 3 heteroatoms. The van der Waals surface area contributed by atoms with Gasteiger partial charge in [-0.25, -0.2) is 0 Å². The van der Waals surface area contributed by atoms with Gasteiger partial charge in [0, 0.05) is 0 Å². The minimum Gasteiger partial charge on any atom is -0.468 e. The topological polar surface area (TPSA) is 43.4 Å². The van der Waals surface area contributed by atoms with Crippen molar-refractivity contribution in [2.75, 3.05) is 7.11 Å². The van der Waals surface area contributed by atoms with Crippen molar-refractivity contribution < 1.29 is 14.3 Å². The Labute approximate surface area is 91.5 Å². The zero-order valence-electron chi connectivity index (χ0n) is 9.84. The molecule has 0 aromatic heterocycles. The fraction of sp³-hybridized carbons (Fsp3) is 0.667. The van der Waals surface area contributed by atoms with Gasteiger partial charge in [0.2, 0.25) is 0 Å². The Morgan fingerprint density at radius 2 is 2.00 bits per heavy atom. The van der Waals surface area contributed by atoms with Crippen LogP contribution in [-0.2, 0) is 14.3 Å². The molecule has 1 atom stereocenters. The van der Waals surface area contributed by atoms with E-state index in [9.17, 15) is 9.59 Å². The number of carbonyl (C=O) groups is 2. The van der Waals surface area contributed by atoms with Gasteiger partial charge in [-0.1, -0.05) is 12.5 Å². The number of esters is 1. The summed E-state index contributed by atoms with van der Waals surface area (Å²) >= 11 is 0. The lowest BCUT2D eigenvalue weighted by atomic mass is 9.81. The highest BCUT2D eigenvalue weighted by atomic mass is 16.5. The summed E-state index contributed by atoms with van der Waals surface area (Å²) in [5.74, 6) is -0.568. The van der Waals surface area contributed by atoms with Gasteiger partial charge < -0.3 is 4.74 Å². The zero-order valence-corrected chi connectivity index (χ0v) is 9.84. The molecule has 0 aromatic rings. The molecular formula is C12H20O3. The minimum absolute atomic E-state index is 0.132. The molecule has 0 aromatic carbocycles. The number of allylic oxidation sites excluding steroid dienone is 1. The fourth-order valence-electron chi connectivity index (χ4n) is 1.41. The lowest BCUT2D eigenvalue weighted by molar-refractivity contribution is -0.156. The van der Waals surface area contributed by atoms with Crippen LogP contribution >= 0.6 is 0 Å². The van der Waals surface area contributed by atoms with E-state index in [1.165, 1.54) is 14.0 Å². The Morgan fingerprint density at radius 3 is 2.40 bits per heavy atom. The second-order valence-corrected chi connectivity index (χ2v) is 3.91. The molecule has 0 fully saturated rings. The number of hydrogen-bond acceptors (Lipinski definition) is 3. The third kappa shape index (κ3) is 3.86. The fourth-order valence-corrected chi connectivity index (χ4v) is 1.41. The summed E-state index contributed by atoms with van der Waals surface area (Å²) in [5, 5.41) is 0. The number of unbranched alkanes of at least 4 members (excludes halogenated alkanes) is 2. The maximum atomic E-state index is 11.5. The van der Waals surface area contributed by atoms with E-state index in [1.54, 1.807) is 6.92 Å². The van der Waals surface area contributed by atoms with E-state index in [0.29, 0.717) is 6.42 Å². The maximum Gasteiger partial charge on any atom is 0.319 e. The van der Waals surface area contributed by atoms with Gasteiger partial charge in [-0.05, 0) is 33.1 Å². The van der Waals surface area contributed by atoms with Crippen LogP contribution in [0.25, 0.3) is 0 Å². The van der Waals surface area contributed by atoms with Crippen molar-refractivity contribution in [3.05, 3.63) is 12.7 Å². The van der Waals surface area contributed by atoms with Crippen LogP contribution in [0.1, 0.15) is 39.5 Å². The number of hydrogen-bond donors (Lipinski definition) is 0. The van der Waals surface area contributed by atoms with Crippen LogP contribution in [0.5, 0.6) is 0 Å². The van der Waals surface area contributed by atoms with Crippen LogP contribution < -0.4 is 0 Å². The quantitative estimate of drug-likeness (QED) is 0.282. The van der Waals surface area contributed by atoms with E-state index < -0.39 is 11.4 Å². The highest BCUT2D eigenvalue weighted by molar-refractivity contribution is 6.02. The van der Waals surface area contributed by atoms with Crippen molar-refractivity contribution in [2.24, 2.45) is 5.41 Å². The molecule has 0 aliphatic heterocycles. The van der Waals surface area contributed by atoms with Crippen molar-refractivity contribution in [3.8, 4) is 0 Å². The number of Topliss-reactive ketones (excluding diaryl/α,β-unsaturated/α-hetero) is 1. The Kier molecular flexibility index (Phi) is 5.90. The van der Waals surface area contributed by atoms with Gasteiger partial charge in [0.1, 0.15) is 11.2 Å². The first-order valence-electron chi connectivity index (χ1n) is 5.19. The third-order valence-electron chi connectivity index (χ3n) is 2.75. The summed E-state index contributed by atoms with van der Waals surface area (Å²) in [7, 11) is 1.31. The summed E-state index contributed by atoms with van der Waals surface area (Å²) in [6.45, 7) is 6.71. The molecule has 0 aliphatic rings. The molecule has 0 rings (SSSR count). The monoisotopic (exact) mass is 212 g/mol. The first-order chi connectivity index (χ1) is 6.99. The molecule has 1 unspecified atom stereocenters. The molecular weight excluding hydrogens is 192 g/mol. The molecule has 0 bridgehead atoms. The van der Waals surface area contributed by atoms with Crippen LogP contribution in [0.4, 0.5) is 0 Å². The Morgan fingerprint density at radius 1 is 1.40 bits per heavy atom. The third-order valence-corrected chi connectivity index (χ3v) is 2.75. The summed E-state index contributed by atoms with van der Waals surface area (Å²) in [6, 6.07) is 0. The van der Waals surface area contributed by atoms with Gasteiger partial charge in [-0.3, -0.25) is 9.59 Å². The normalized spacial score (nSPS) is 14.1. The van der Waals surface area contributed by atoms with E-state index in [4.69, 9.17) is 0 Å². The smallest absolute Gasteiger partial charge is 0.319 e. The van der Waals surface area contributed by atoms with Crippen LogP contribution in [0, 0.1) is 5.41 Å². The highest BCUT2D eigenvalue weighted by Gasteiger charge is 2.38. The summed E-state index contributed by atoms with van der Waals surface area (Å²) < 4.78 is 4.65. The van der Waals surface area contributed by atoms with Crippen molar-refractivity contribution in [3.63, 3.8) is 0 Å². The first-order valence-corrected chi connectivity index (χ1v) is 5.19. The van der Waals surface area contributed by atoms with Gasteiger partial charge in [0.05, 0.1) is 7.11 Å². The summed E-state index contributed by atoms with van der Waals surface area (Å²) in [5.41, 5.74) is -0.976. The average Bonchev–Trinajstić information content (AvgIpc) is 2.22. The standard InChI is InChI=1S/C12H20O3/c1-5-6-7-8-9-12(3,10(2)13)11(14)15-4/h5H,1,6-9H2,2-4H3. The van der Waals surface area contributed by atoms with Crippen molar-refractivity contribution in [2.45, 2.75) is 39.5 Å². The molecule has 0 saturated heterocycles. The average molecular weight is 212 g/mol. The number of methoxy groups -OCH3 is 1. The van der Waals surface area contributed by atoms with Crippen molar-refractivity contribution in [1.82, 2.24) is 0 Å². The minimum atomic E-state index is -0.976. The van der Waals surface area contributed by atoms with Crippen LogP contribution in [0.2, 0.25) is 0 Å². The zero-order chi connectivity index (χ0) is 11.9. The van der Waals surface area contributed by atoms with Gasteiger partial charge in [-0.15, -0.1) is 6.58 Å². The highest BCUT2D eigenvalue weighted by Crippen LogP contribution is 2.27. The lowest BCUT2D eigenvalue weighted by Crippen LogP contribution is -2.35.